The van der Waals surface area contributed by atoms with Gasteiger partial charge in [0.2, 0.25) is 5.91 Å². The largest absolute Gasteiger partial charge is 0.507 e. The van der Waals surface area contributed by atoms with Gasteiger partial charge in [-0.25, -0.2) is 4.98 Å². The maximum atomic E-state index is 12.5. The Morgan fingerprint density at radius 1 is 1.26 bits per heavy atom. The number of hydrogen-bond acceptors (Lipinski definition) is 6. The van der Waals surface area contributed by atoms with Crippen molar-refractivity contribution in [2.24, 2.45) is 5.92 Å². The molecule has 34 heavy (non-hydrogen) atoms. The maximum Gasteiger partial charge on any atom is 0.246 e. The lowest BCUT2D eigenvalue weighted by molar-refractivity contribution is -0.127. The van der Waals surface area contributed by atoms with Crippen molar-refractivity contribution in [1.29, 1.82) is 0 Å². The van der Waals surface area contributed by atoms with Gasteiger partial charge in [0.05, 0.1) is 5.69 Å². The van der Waals surface area contributed by atoms with Crippen LogP contribution in [0.3, 0.4) is 0 Å². The van der Waals surface area contributed by atoms with Crippen molar-refractivity contribution in [1.82, 2.24) is 19.5 Å². The summed E-state index contributed by atoms with van der Waals surface area (Å²) in [5, 5.41) is 22.2. The van der Waals surface area contributed by atoms with E-state index in [0.717, 1.165) is 43.9 Å². The number of fused-ring (bicyclic) bond motifs is 1. The number of rotatable bonds is 6. The van der Waals surface area contributed by atoms with Gasteiger partial charge in [-0.15, -0.1) is 0 Å². The maximum absolute atomic E-state index is 12.5. The van der Waals surface area contributed by atoms with Crippen molar-refractivity contribution in [2.75, 3.05) is 25.0 Å². The van der Waals surface area contributed by atoms with Crippen LogP contribution in [0.2, 0.25) is 0 Å². The highest BCUT2D eigenvalue weighted by atomic mass is 32.1. The van der Waals surface area contributed by atoms with E-state index < -0.39 is 0 Å². The fourth-order valence-corrected chi connectivity index (χ4v) is 4.81. The summed E-state index contributed by atoms with van der Waals surface area (Å²) < 4.78 is 1.69. The number of phenolic OH excluding ortho intramolecular Hbond substituents is 1. The number of phenols is 1. The molecule has 1 aliphatic heterocycles. The van der Waals surface area contributed by atoms with Gasteiger partial charge in [0.1, 0.15) is 19.4 Å². The molecule has 1 aliphatic rings. The molecule has 1 aromatic carbocycles. The molecule has 7 nitrogen and oxygen atoms in total. The first-order chi connectivity index (χ1) is 16.6. The Hall–Kier alpha value is -3.59. The van der Waals surface area contributed by atoms with Crippen molar-refractivity contribution in [3.63, 3.8) is 0 Å². The standard InChI is InChI=1S/C25H24BN5O2S/c26-20-15-28-31-23(13-21(29-25(20)31)19-3-1-2-4-22(19)32)27-14-17-7-10-30(11-8-17)24(33)6-5-18-9-12-34-16-18/h1-6,9,12-13,15-17,27,32H,7-8,10-11,14H2/b6-5+. The molecule has 3 aromatic heterocycles. The second kappa shape index (κ2) is 9.73. The monoisotopic (exact) mass is 469 g/mol. The Labute approximate surface area is 203 Å². The average molecular weight is 469 g/mol. The number of anilines is 1. The Balaban J connectivity index is 1.25. The summed E-state index contributed by atoms with van der Waals surface area (Å²) in [7, 11) is 6.09. The molecule has 0 spiro atoms. The fourth-order valence-electron chi connectivity index (χ4n) is 4.18. The minimum absolute atomic E-state index is 0.0628. The van der Waals surface area contributed by atoms with Crippen molar-refractivity contribution in [3.8, 4) is 17.0 Å². The van der Waals surface area contributed by atoms with Gasteiger partial charge in [-0.2, -0.15) is 21.0 Å². The van der Waals surface area contributed by atoms with Gasteiger partial charge in [-0.05, 0) is 64.8 Å². The van der Waals surface area contributed by atoms with E-state index in [9.17, 15) is 9.90 Å². The first-order valence-corrected chi connectivity index (χ1v) is 12.2. The summed E-state index contributed by atoms with van der Waals surface area (Å²) in [6.45, 7) is 2.22. The highest BCUT2D eigenvalue weighted by Gasteiger charge is 2.22. The number of thiophene rings is 1. The molecule has 0 atom stereocenters. The first-order valence-electron chi connectivity index (χ1n) is 11.2. The quantitative estimate of drug-likeness (QED) is 0.335. The Bertz CT molecular complexity index is 1330. The number of aromatic hydroxyl groups is 1. The minimum atomic E-state index is 0.0628. The highest BCUT2D eigenvalue weighted by molar-refractivity contribution is 7.08. The number of carbonyl (C=O) groups is 1. The second-order valence-electron chi connectivity index (χ2n) is 8.42. The minimum Gasteiger partial charge on any atom is -0.507 e. The zero-order valence-corrected chi connectivity index (χ0v) is 19.4. The second-order valence-corrected chi connectivity index (χ2v) is 9.20. The molecule has 0 unspecified atom stereocenters. The fraction of sp³-hybridized carbons (Fsp3) is 0.240. The Morgan fingerprint density at radius 2 is 2.09 bits per heavy atom. The third kappa shape index (κ3) is 4.70. The summed E-state index contributed by atoms with van der Waals surface area (Å²) in [5.41, 5.74) is 3.33. The third-order valence-corrected chi connectivity index (χ3v) is 6.84. The van der Waals surface area contributed by atoms with Gasteiger partial charge < -0.3 is 15.3 Å². The number of amides is 1. The van der Waals surface area contributed by atoms with Gasteiger partial charge in [0.15, 0.2) is 5.65 Å². The van der Waals surface area contributed by atoms with E-state index in [4.69, 9.17) is 7.85 Å². The molecule has 1 amide bonds. The summed E-state index contributed by atoms with van der Waals surface area (Å²) >= 11 is 1.62. The SMILES string of the molecule is [B]c1cnn2c(NCC3CCN(C(=O)/C=C/c4ccsc4)CC3)cc(-c3ccccc3O)nc12. The summed E-state index contributed by atoms with van der Waals surface area (Å²) in [5.74, 6) is 1.41. The number of aromatic nitrogens is 3. The zero-order valence-electron chi connectivity index (χ0n) is 18.6. The number of likely N-dealkylation sites (tertiary alicyclic amines) is 1. The van der Waals surface area contributed by atoms with Gasteiger partial charge in [-0.1, -0.05) is 12.1 Å². The van der Waals surface area contributed by atoms with E-state index in [2.05, 4.69) is 15.4 Å². The molecule has 5 rings (SSSR count). The van der Waals surface area contributed by atoms with Crippen molar-refractivity contribution >= 4 is 48.1 Å². The molecule has 4 heterocycles. The number of nitrogens with zero attached hydrogens (tertiary/aromatic N) is 4. The summed E-state index contributed by atoms with van der Waals surface area (Å²) in [6, 6.07) is 11.0. The van der Waals surface area contributed by atoms with Crippen LogP contribution in [-0.4, -0.2) is 58.0 Å². The van der Waals surface area contributed by atoms with E-state index in [1.165, 1.54) is 0 Å². The van der Waals surface area contributed by atoms with Crippen molar-refractivity contribution < 1.29 is 9.90 Å². The van der Waals surface area contributed by atoms with Crippen LogP contribution in [0.5, 0.6) is 5.75 Å². The van der Waals surface area contributed by atoms with Crippen LogP contribution in [0.4, 0.5) is 5.82 Å². The molecule has 9 heteroatoms. The van der Waals surface area contributed by atoms with Gasteiger partial charge >= 0.3 is 0 Å². The van der Waals surface area contributed by atoms with Gasteiger partial charge in [0.25, 0.3) is 0 Å². The van der Waals surface area contributed by atoms with Crippen LogP contribution < -0.4 is 10.8 Å². The molecular formula is C25H24BN5O2S. The summed E-state index contributed by atoms with van der Waals surface area (Å²) in [6.07, 6.45) is 6.96. The van der Waals surface area contributed by atoms with Gasteiger partial charge in [0, 0.05) is 43.5 Å². The lowest BCUT2D eigenvalue weighted by atomic mass is 9.96. The lowest BCUT2D eigenvalue weighted by Crippen LogP contribution is -2.39. The molecule has 1 fully saturated rings. The van der Waals surface area contributed by atoms with Crippen LogP contribution in [0.1, 0.15) is 18.4 Å². The number of hydrogen-bond donors (Lipinski definition) is 2. The normalized spacial score (nSPS) is 14.8. The van der Waals surface area contributed by atoms with E-state index >= 15 is 0 Å². The number of nitrogens with one attached hydrogen (secondary N) is 1. The predicted octanol–water partition coefficient (Wildman–Crippen LogP) is 3.32. The molecule has 2 radical (unpaired) electrons. The lowest BCUT2D eigenvalue weighted by Gasteiger charge is -2.31. The molecule has 170 valence electrons. The van der Waals surface area contributed by atoms with Crippen LogP contribution >= 0.6 is 11.3 Å². The van der Waals surface area contributed by atoms with Crippen LogP contribution in [0.15, 0.2) is 59.4 Å². The molecule has 1 saturated heterocycles. The van der Waals surface area contributed by atoms with E-state index in [-0.39, 0.29) is 11.7 Å². The molecule has 0 saturated carbocycles. The van der Waals surface area contributed by atoms with Crippen LogP contribution in [0, 0.1) is 5.92 Å². The Morgan fingerprint density at radius 3 is 2.85 bits per heavy atom. The molecule has 2 N–H and O–H groups in total. The van der Waals surface area contributed by atoms with Crippen LogP contribution in [-0.2, 0) is 4.79 Å². The predicted molar refractivity (Wildman–Crippen MR) is 137 cm³/mol. The highest BCUT2D eigenvalue weighted by Crippen LogP contribution is 2.29. The zero-order chi connectivity index (χ0) is 23.5. The van der Waals surface area contributed by atoms with E-state index in [1.807, 2.05) is 46.0 Å². The van der Waals surface area contributed by atoms with Crippen LogP contribution in [0.25, 0.3) is 23.0 Å². The number of benzene rings is 1. The molecular weight excluding hydrogens is 445 g/mol. The number of carbonyl (C=O) groups excluding carboxylic acids is 1. The topological polar surface area (TPSA) is 82.8 Å². The number of piperidine rings is 1. The first kappa shape index (κ1) is 22.2. The number of para-hydroxylation sites is 1. The smallest absolute Gasteiger partial charge is 0.246 e. The van der Waals surface area contributed by atoms with Gasteiger partial charge in [-0.3, -0.25) is 4.79 Å². The van der Waals surface area contributed by atoms with Crippen molar-refractivity contribution in [2.45, 2.75) is 12.8 Å². The third-order valence-electron chi connectivity index (χ3n) is 6.14. The molecule has 4 aromatic rings. The summed E-state index contributed by atoms with van der Waals surface area (Å²) in [4.78, 5) is 19.0. The van der Waals surface area contributed by atoms with E-state index in [0.29, 0.717) is 28.3 Å². The van der Waals surface area contributed by atoms with Crippen molar-refractivity contribution in [3.05, 3.63) is 65.0 Å². The molecule has 0 bridgehead atoms. The Kier molecular flexibility index (Phi) is 6.36. The average Bonchev–Trinajstić information content (AvgIpc) is 3.52. The molecule has 0 aliphatic carbocycles. The van der Waals surface area contributed by atoms with E-state index in [1.54, 1.807) is 40.3 Å².